The van der Waals surface area contributed by atoms with Gasteiger partial charge in [0.1, 0.15) is 12.4 Å². The van der Waals surface area contributed by atoms with Gasteiger partial charge in [0.2, 0.25) is 0 Å². The molecule has 0 aliphatic carbocycles. The summed E-state index contributed by atoms with van der Waals surface area (Å²) >= 11 is 6.05. The molecule has 3 heterocycles. The van der Waals surface area contributed by atoms with E-state index >= 15 is 0 Å². The quantitative estimate of drug-likeness (QED) is 0.541. The van der Waals surface area contributed by atoms with Crippen LogP contribution in [0.15, 0.2) is 60.7 Å². The zero-order valence-corrected chi connectivity index (χ0v) is 19.2. The predicted molar refractivity (Wildman–Crippen MR) is 124 cm³/mol. The van der Waals surface area contributed by atoms with Gasteiger partial charge in [-0.2, -0.15) is 0 Å². The van der Waals surface area contributed by atoms with Crippen molar-refractivity contribution in [2.75, 3.05) is 26.9 Å². The van der Waals surface area contributed by atoms with E-state index in [0.29, 0.717) is 36.4 Å². The molecule has 0 N–H and O–H groups in total. The first-order valence-corrected chi connectivity index (χ1v) is 11.1. The number of ether oxygens (including phenoxy) is 3. The number of halogens is 1. The van der Waals surface area contributed by atoms with Crippen molar-refractivity contribution in [1.29, 1.82) is 0 Å². The Bertz CT molecular complexity index is 1200. The molecule has 170 valence electrons. The molecule has 0 bridgehead atoms. The van der Waals surface area contributed by atoms with E-state index in [0.717, 1.165) is 22.5 Å². The standard InChI is InChI=1S/C25H24ClN3O4/c1-16-11-28(15-27-16)21-8-3-17(9-23(21)31-2)10-24-25(30)29-20(13-33-24)12-32-14-22(29)18-4-6-19(26)7-5-18/h3-11,15,20,22H,12-14H2,1-2H3/b24-10-/t20-,22+/m1/s1. The van der Waals surface area contributed by atoms with Crippen molar-refractivity contribution < 1.29 is 19.0 Å². The fourth-order valence-corrected chi connectivity index (χ4v) is 4.41. The molecule has 2 aromatic carbocycles. The lowest BCUT2D eigenvalue weighted by molar-refractivity contribution is -0.157. The molecule has 2 aliphatic heterocycles. The third kappa shape index (κ3) is 4.21. The smallest absolute Gasteiger partial charge is 0.289 e. The van der Waals surface area contributed by atoms with Crippen molar-refractivity contribution in [2.24, 2.45) is 0 Å². The van der Waals surface area contributed by atoms with Crippen LogP contribution < -0.4 is 4.74 Å². The summed E-state index contributed by atoms with van der Waals surface area (Å²) in [6, 6.07) is 13.0. The highest BCUT2D eigenvalue weighted by molar-refractivity contribution is 6.30. The number of hydrogen-bond donors (Lipinski definition) is 0. The number of carbonyl (C=O) groups excluding carboxylic acids is 1. The third-order valence-electron chi connectivity index (χ3n) is 5.94. The molecular formula is C25H24ClN3O4. The van der Waals surface area contributed by atoms with Crippen molar-refractivity contribution in [2.45, 2.75) is 19.0 Å². The van der Waals surface area contributed by atoms with Crippen LogP contribution >= 0.6 is 11.6 Å². The van der Waals surface area contributed by atoms with Crippen LogP contribution in [0.1, 0.15) is 22.9 Å². The minimum absolute atomic E-state index is 0.134. The van der Waals surface area contributed by atoms with Crippen LogP contribution in [0.2, 0.25) is 5.02 Å². The van der Waals surface area contributed by atoms with Crippen molar-refractivity contribution in [1.82, 2.24) is 14.5 Å². The lowest BCUT2D eigenvalue weighted by Crippen LogP contribution is -2.56. The van der Waals surface area contributed by atoms with E-state index < -0.39 is 0 Å². The highest BCUT2D eigenvalue weighted by Crippen LogP contribution is 2.34. The number of methoxy groups -OCH3 is 1. The third-order valence-corrected chi connectivity index (χ3v) is 6.19. The van der Waals surface area contributed by atoms with Crippen LogP contribution in [0.3, 0.4) is 0 Å². The second-order valence-electron chi connectivity index (χ2n) is 8.14. The summed E-state index contributed by atoms with van der Waals surface area (Å²) in [6.07, 6.45) is 5.44. The largest absolute Gasteiger partial charge is 0.495 e. The van der Waals surface area contributed by atoms with Gasteiger partial charge in [0.05, 0.1) is 50.1 Å². The molecule has 3 aromatic rings. The van der Waals surface area contributed by atoms with Crippen molar-refractivity contribution in [3.05, 3.63) is 82.6 Å². The Morgan fingerprint density at radius 3 is 2.70 bits per heavy atom. The van der Waals surface area contributed by atoms with Crippen LogP contribution in [0, 0.1) is 6.92 Å². The molecule has 0 radical (unpaired) electrons. The zero-order chi connectivity index (χ0) is 22.9. The lowest BCUT2D eigenvalue weighted by Gasteiger charge is -2.45. The number of rotatable bonds is 4. The molecule has 33 heavy (non-hydrogen) atoms. The molecule has 7 nitrogen and oxygen atoms in total. The number of benzene rings is 2. The Balaban J connectivity index is 1.44. The van der Waals surface area contributed by atoms with E-state index in [-0.39, 0.29) is 18.0 Å². The summed E-state index contributed by atoms with van der Waals surface area (Å²) in [6.45, 7) is 3.20. The highest BCUT2D eigenvalue weighted by Gasteiger charge is 2.41. The second-order valence-corrected chi connectivity index (χ2v) is 8.58. The van der Waals surface area contributed by atoms with Crippen molar-refractivity contribution in [3.63, 3.8) is 0 Å². The number of morpholine rings is 2. The fourth-order valence-electron chi connectivity index (χ4n) is 4.29. The van der Waals surface area contributed by atoms with E-state index in [2.05, 4.69) is 4.98 Å². The summed E-state index contributed by atoms with van der Waals surface area (Å²) in [7, 11) is 1.62. The Morgan fingerprint density at radius 1 is 1.15 bits per heavy atom. The average Bonchev–Trinajstić information content (AvgIpc) is 3.27. The highest BCUT2D eigenvalue weighted by atomic mass is 35.5. The minimum Gasteiger partial charge on any atom is -0.495 e. The van der Waals surface area contributed by atoms with Gasteiger partial charge in [-0.1, -0.05) is 29.8 Å². The molecule has 2 atom stereocenters. The summed E-state index contributed by atoms with van der Waals surface area (Å²) in [5.41, 5.74) is 3.58. The molecule has 0 unspecified atom stereocenters. The normalized spacial score (nSPS) is 21.6. The van der Waals surface area contributed by atoms with Crippen molar-refractivity contribution >= 4 is 23.6 Å². The molecule has 1 aromatic heterocycles. The van der Waals surface area contributed by atoms with Gasteiger partial charge in [-0.25, -0.2) is 4.98 Å². The molecule has 0 spiro atoms. The maximum atomic E-state index is 13.5. The van der Waals surface area contributed by atoms with Gasteiger partial charge in [0, 0.05) is 11.2 Å². The summed E-state index contributed by atoms with van der Waals surface area (Å²) in [5.74, 6) is 0.830. The first kappa shape index (κ1) is 21.6. The first-order valence-electron chi connectivity index (χ1n) is 10.7. The van der Waals surface area contributed by atoms with E-state index in [9.17, 15) is 4.79 Å². The van der Waals surface area contributed by atoms with Gasteiger partial charge >= 0.3 is 0 Å². The number of amides is 1. The number of nitrogens with zero attached hydrogens (tertiary/aromatic N) is 3. The fraction of sp³-hybridized carbons (Fsp3) is 0.280. The maximum Gasteiger partial charge on any atom is 0.289 e. The average molecular weight is 466 g/mol. The van der Waals surface area contributed by atoms with E-state index in [1.165, 1.54) is 0 Å². The second kappa shape index (κ2) is 8.92. The monoisotopic (exact) mass is 465 g/mol. The van der Waals surface area contributed by atoms with Crippen LogP contribution in [-0.2, 0) is 14.3 Å². The zero-order valence-electron chi connectivity index (χ0n) is 18.4. The van der Waals surface area contributed by atoms with Crippen molar-refractivity contribution in [3.8, 4) is 11.4 Å². The number of imidazole rings is 1. The first-order chi connectivity index (χ1) is 16.0. The molecule has 0 saturated carbocycles. The van der Waals surface area contributed by atoms with E-state index in [1.54, 1.807) is 19.5 Å². The number of aryl methyl sites for hydroxylation is 1. The molecule has 5 rings (SSSR count). The summed E-state index contributed by atoms with van der Waals surface area (Å²) in [5, 5.41) is 0.657. The van der Waals surface area contributed by atoms with Crippen LogP contribution in [0.5, 0.6) is 5.75 Å². The lowest BCUT2D eigenvalue weighted by atomic mass is 10.0. The summed E-state index contributed by atoms with van der Waals surface area (Å²) < 4.78 is 19.1. The molecule has 8 heteroatoms. The molecule has 2 aliphatic rings. The predicted octanol–water partition coefficient (Wildman–Crippen LogP) is 4.18. The molecule has 2 fully saturated rings. The molecule has 2 saturated heterocycles. The van der Waals surface area contributed by atoms with E-state index in [4.69, 9.17) is 25.8 Å². The number of aromatic nitrogens is 2. The Hall–Kier alpha value is -3.29. The topological polar surface area (TPSA) is 65.8 Å². The van der Waals surface area contributed by atoms with Gasteiger partial charge in [0.25, 0.3) is 5.91 Å². The van der Waals surface area contributed by atoms with Crippen LogP contribution in [0.4, 0.5) is 0 Å². The van der Waals surface area contributed by atoms with Gasteiger partial charge in [-0.15, -0.1) is 0 Å². The van der Waals surface area contributed by atoms with Crippen LogP contribution in [-0.4, -0.2) is 53.3 Å². The maximum absolute atomic E-state index is 13.5. The number of carbonyl (C=O) groups is 1. The Morgan fingerprint density at radius 2 is 1.97 bits per heavy atom. The van der Waals surface area contributed by atoms with Gasteiger partial charge in [-0.3, -0.25) is 4.79 Å². The number of hydrogen-bond acceptors (Lipinski definition) is 5. The van der Waals surface area contributed by atoms with Gasteiger partial charge < -0.3 is 23.7 Å². The van der Waals surface area contributed by atoms with E-state index in [1.807, 2.05) is 65.1 Å². The SMILES string of the molecule is COc1cc(/C=C2\OC[C@H]3COC[C@@H](c4ccc(Cl)cc4)N3C2=O)ccc1-n1cnc(C)c1. The van der Waals surface area contributed by atoms with Crippen LogP contribution in [0.25, 0.3) is 11.8 Å². The molecule has 1 amide bonds. The van der Waals surface area contributed by atoms with Gasteiger partial charge in [0.15, 0.2) is 5.76 Å². The molecular weight excluding hydrogens is 442 g/mol. The number of fused-ring (bicyclic) bond motifs is 1. The Kier molecular flexibility index (Phi) is 5.83. The summed E-state index contributed by atoms with van der Waals surface area (Å²) in [4.78, 5) is 19.6. The van der Waals surface area contributed by atoms with Gasteiger partial charge in [-0.05, 0) is 48.4 Å². The Labute approximate surface area is 197 Å². The minimum atomic E-state index is -0.192.